The van der Waals surface area contributed by atoms with Gasteiger partial charge in [0.05, 0.1) is 0 Å². The van der Waals surface area contributed by atoms with Crippen LogP contribution in [0.1, 0.15) is 11.5 Å². The first-order chi connectivity index (χ1) is 8.40. The molecule has 2 rings (SSSR count). The van der Waals surface area contributed by atoms with E-state index in [9.17, 15) is 8.42 Å². The van der Waals surface area contributed by atoms with Crippen molar-refractivity contribution in [2.24, 2.45) is 0 Å². The van der Waals surface area contributed by atoms with Crippen molar-refractivity contribution in [1.82, 2.24) is 10.1 Å². The Labute approximate surface area is 113 Å². The van der Waals surface area contributed by atoms with E-state index in [4.69, 9.17) is 4.52 Å². The summed E-state index contributed by atoms with van der Waals surface area (Å²) in [6.45, 7) is 3.11. The average Bonchev–Trinajstić information content (AvgIpc) is 2.62. The van der Waals surface area contributed by atoms with Crippen molar-refractivity contribution in [3.63, 3.8) is 0 Å². The summed E-state index contributed by atoms with van der Waals surface area (Å²) in [5, 5.41) is 3.62. The van der Waals surface area contributed by atoms with Gasteiger partial charge < -0.3 is 4.52 Å². The van der Waals surface area contributed by atoms with Crippen LogP contribution < -0.4 is 4.72 Å². The number of aryl methyl sites for hydroxylation is 2. The molecule has 0 aliphatic heterocycles. The van der Waals surface area contributed by atoms with Crippen LogP contribution in [0.15, 0.2) is 32.2 Å². The number of anilines is 1. The molecule has 2 aromatic rings. The zero-order valence-electron chi connectivity index (χ0n) is 9.64. The molecule has 0 amide bonds. The van der Waals surface area contributed by atoms with Crippen molar-refractivity contribution in [2.75, 3.05) is 4.72 Å². The van der Waals surface area contributed by atoms with Crippen LogP contribution >= 0.6 is 15.9 Å². The Bertz CT molecular complexity index is 645. The van der Waals surface area contributed by atoms with Gasteiger partial charge in [0.25, 0.3) is 10.0 Å². The molecule has 18 heavy (non-hydrogen) atoms. The van der Waals surface area contributed by atoms with E-state index in [0.29, 0.717) is 5.69 Å². The normalized spacial score (nSPS) is 11.5. The fourth-order valence-corrected chi connectivity index (χ4v) is 3.06. The van der Waals surface area contributed by atoms with Crippen molar-refractivity contribution in [3.05, 3.63) is 34.3 Å². The van der Waals surface area contributed by atoms with E-state index in [1.807, 2.05) is 0 Å². The summed E-state index contributed by atoms with van der Waals surface area (Å²) in [6, 6.07) is 3.25. The molecule has 0 spiro atoms. The van der Waals surface area contributed by atoms with Crippen LogP contribution in [0.5, 0.6) is 0 Å². The van der Waals surface area contributed by atoms with Crippen molar-refractivity contribution in [2.45, 2.75) is 18.7 Å². The molecule has 6 nitrogen and oxygen atoms in total. The third-order valence-electron chi connectivity index (χ3n) is 2.20. The van der Waals surface area contributed by atoms with Gasteiger partial charge in [-0.1, -0.05) is 5.16 Å². The van der Waals surface area contributed by atoms with Crippen LogP contribution in [-0.4, -0.2) is 18.6 Å². The molecule has 0 saturated carbocycles. The zero-order valence-corrected chi connectivity index (χ0v) is 12.0. The molecule has 2 aromatic heterocycles. The number of hydrogen-bond donors (Lipinski definition) is 1. The Hall–Kier alpha value is -1.41. The average molecular weight is 332 g/mol. The third kappa shape index (κ3) is 2.54. The van der Waals surface area contributed by atoms with Gasteiger partial charge in [-0.3, -0.25) is 4.72 Å². The molecule has 0 atom stereocenters. The maximum Gasteiger partial charge on any atom is 0.268 e. The van der Waals surface area contributed by atoms with E-state index in [-0.39, 0.29) is 16.5 Å². The Kier molecular flexibility index (Phi) is 3.40. The number of nitrogens with zero attached hydrogens (tertiary/aromatic N) is 2. The minimum atomic E-state index is -3.73. The molecular formula is C10H10BrN3O3S. The highest BCUT2D eigenvalue weighted by molar-refractivity contribution is 9.10. The Morgan fingerprint density at radius 2 is 2.06 bits per heavy atom. The third-order valence-corrected chi connectivity index (χ3v) is 4.27. The first-order valence-electron chi connectivity index (χ1n) is 4.97. The second-order valence-electron chi connectivity index (χ2n) is 3.62. The Morgan fingerprint density at radius 1 is 1.33 bits per heavy atom. The number of aromatic nitrogens is 2. The van der Waals surface area contributed by atoms with E-state index in [1.54, 1.807) is 26.0 Å². The van der Waals surface area contributed by atoms with Crippen molar-refractivity contribution < 1.29 is 12.9 Å². The van der Waals surface area contributed by atoms with Crippen LogP contribution in [0.3, 0.4) is 0 Å². The first-order valence-corrected chi connectivity index (χ1v) is 7.25. The minimum Gasteiger partial charge on any atom is -0.360 e. The van der Waals surface area contributed by atoms with Crippen molar-refractivity contribution in [1.29, 1.82) is 0 Å². The summed E-state index contributed by atoms with van der Waals surface area (Å²) in [6.07, 6.45) is 1.51. The standard InChI is InChI=1S/C10H10BrN3O3S/c1-6-10(7(2)17-13-6)18(15,16)14-9-4-3-8(11)5-12-9/h3-5H,1-2H3,(H,12,14). The van der Waals surface area contributed by atoms with Gasteiger partial charge in [-0.15, -0.1) is 0 Å². The molecule has 0 aliphatic rings. The monoisotopic (exact) mass is 331 g/mol. The number of sulfonamides is 1. The molecule has 0 bridgehead atoms. The van der Waals surface area contributed by atoms with Gasteiger partial charge in [0, 0.05) is 10.7 Å². The molecular weight excluding hydrogens is 322 g/mol. The van der Waals surface area contributed by atoms with E-state index in [1.165, 1.54) is 6.20 Å². The zero-order chi connectivity index (χ0) is 13.3. The summed E-state index contributed by atoms with van der Waals surface area (Å²) in [4.78, 5) is 3.99. The van der Waals surface area contributed by atoms with Crippen LogP contribution in [0.25, 0.3) is 0 Å². The molecule has 0 fully saturated rings. The quantitative estimate of drug-likeness (QED) is 0.932. The number of halogens is 1. The topological polar surface area (TPSA) is 85.1 Å². The van der Waals surface area contributed by atoms with E-state index in [0.717, 1.165) is 4.47 Å². The van der Waals surface area contributed by atoms with Crippen molar-refractivity contribution >= 4 is 31.8 Å². The van der Waals surface area contributed by atoms with E-state index >= 15 is 0 Å². The lowest BCUT2D eigenvalue weighted by Crippen LogP contribution is -2.15. The second-order valence-corrected chi connectivity index (χ2v) is 6.16. The van der Waals surface area contributed by atoms with Crippen LogP contribution in [0.2, 0.25) is 0 Å². The van der Waals surface area contributed by atoms with Crippen LogP contribution in [-0.2, 0) is 10.0 Å². The molecule has 0 saturated heterocycles. The fraction of sp³-hybridized carbons (Fsp3) is 0.200. The predicted molar refractivity (Wildman–Crippen MR) is 68.7 cm³/mol. The molecule has 0 aromatic carbocycles. The number of rotatable bonds is 3. The van der Waals surface area contributed by atoms with Crippen LogP contribution in [0.4, 0.5) is 5.82 Å². The van der Waals surface area contributed by atoms with Gasteiger partial charge in [0.1, 0.15) is 11.5 Å². The smallest absolute Gasteiger partial charge is 0.268 e. The van der Waals surface area contributed by atoms with E-state index < -0.39 is 10.0 Å². The maximum absolute atomic E-state index is 12.1. The van der Waals surface area contributed by atoms with Gasteiger partial charge in [-0.2, -0.15) is 0 Å². The van der Waals surface area contributed by atoms with Gasteiger partial charge in [0.2, 0.25) is 0 Å². The van der Waals surface area contributed by atoms with Gasteiger partial charge >= 0.3 is 0 Å². The lowest BCUT2D eigenvalue weighted by atomic mass is 10.4. The Morgan fingerprint density at radius 3 is 2.56 bits per heavy atom. The summed E-state index contributed by atoms with van der Waals surface area (Å²) < 4.78 is 32.2. The van der Waals surface area contributed by atoms with Crippen LogP contribution in [0, 0.1) is 13.8 Å². The van der Waals surface area contributed by atoms with E-state index in [2.05, 4.69) is 30.8 Å². The number of pyridine rings is 1. The minimum absolute atomic E-state index is 0.0484. The summed E-state index contributed by atoms with van der Waals surface area (Å²) in [7, 11) is -3.73. The van der Waals surface area contributed by atoms with Crippen molar-refractivity contribution in [3.8, 4) is 0 Å². The molecule has 8 heteroatoms. The Balaban J connectivity index is 2.36. The fourth-order valence-electron chi connectivity index (χ4n) is 1.48. The lowest BCUT2D eigenvalue weighted by Gasteiger charge is -2.06. The summed E-state index contributed by atoms with van der Waals surface area (Å²) in [5.74, 6) is 0.482. The largest absolute Gasteiger partial charge is 0.360 e. The maximum atomic E-state index is 12.1. The molecule has 2 heterocycles. The highest BCUT2D eigenvalue weighted by Gasteiger charge is 2.24. The number of hydrogen-bond acceptors (Lipinski definition) is 5. The number of nitrogens with one attached hydrogen (secondary N) is 1. The SMILES string of the molecule is Cc1noc(C)c1S(=O)(=O)Nc1ccc(Br)cn1. The summed E-state index contributed by atoms with van der Waals surface area (Å²) >= 11 is 3.22. The van der Waals surface area contributed by atoms with Gasteiger partial charge in [-0.05, 0) is 41.9 Å². The lowest BCUT2D eigenvalue weighted by molar-refractivity contribution is 0.390. The molecule has 0 aliphatic carbocycles. The van der Waals surface area contributed by atoms with Gasteiger partial charge in [-0.25, -0.2) is 13.4 Å². The molecule has 0 unspecified atom stereocenters. The second kappa shape index (κ2) is 4.69. The summed E-state index contributed by atoms with van der Waals surface area (Å²) in [5.41, 5.74) is 0.317. The first kappa shape index (κ1) is 13.0. The molecule has 0 radical (unpaired) electrons. The molecule has 1 N–H and O–H groups in total. The molecule has 96 valence electrons. The highest BCUT2D eigenvalue weighted by Crippen LogP contribution is 2.21. The predicted octanol–water partition coefficient (Wildman–Crippen LogP) is 2.25. The van der Waals surface area contributed by atoms with Gasteiger partial charge in [0.15, 0.2) is 10.7 Å². The highest BCUT2D eigenvalue weighted by atomic mass is 79.9.